The van der Waals surface area contributed by atoms with Crippen molar-refractivity contribution in [1.82, 2.24) is 0 Å². The van der Waals surface area contributed by atoms with Gasteiger partial charge in [0.1, 0.15) is 6.61 Å². The molecule has 0 aromatic carbocycles. The predicted molar refractivity (Wildman–Crippen MR) is 215 cm³/mol. The molecule has 0 aliphatic carbocycles. The number of carbonyl (C=O) groups is 2. The van der Waals surface area contributed by atoms with Gasteiger partial charge in [-0.25, -0.2) is 0 Å². The number of allylic oxidation sites excluding steroid dienone is 4. The number of ether oxygens (including phenoxy) is 2. The third kappa shape index (κ3) is 39.2. The number of aliphatic hydroxyl groups excluding tert-OH is 1. The average molecular weight is 705 g/mol. The van der Waals surface area contributed by atoms with Gasteiger partial charge in [0, 0.05) is 12.8 Å². The average Bonchev–Trinajstić information content (AvgIpc) is 3.12. The molecule has 0 spiro atoms. The van der Waals surface area contributed by atoms with Gasteiger partial charge in [-0.1, -0.05) is 179 Å². The van der Waals surface area contributed by atoms with E-state index in [0.717, 1.165) is 38.5 Å². The van der Waals surface area contributed by atoms with Crippen LogP contribution in [0.25, 0.3) is 0 Å². The molecule has 5 nitrogen and oxygen atoms in total. The van der Waals surface area contributed by atoms with E-state index < -0.39 is 6.10 Å². The van der Waals surface area contributed by atoms with Gasteiger partial charge in [-0.05, 0) is 64.2 Å². The van der Waals surface area contributed by atoms with Crippen LogP contribution >= 0.6 is 0 Å². The fourth-order valence-electron chi connectivity index (χ4n) is 6.37. The Morgan fingerprint density at radius 1 is 0.440 bits per heavy atom. The zero-order valence-electron chi connectivity index (χ0n) is 33.4. The smallest absolute Gasteiger partial charge is 0.306 e. The number of rotatable bonds is 40. The molecule has 0 bridgehead atoms. The van der Waals surface area contributed by atoms with E-state index in [2.05, 4.69) is 38.2 Å². The number of unbranched alkanes of at least 4 members (excludes halogenated alkanes) is 28. The van der Waals surface area contributed by atoms with E-state index >= 15 is 0 Å². The number of hydrogen-bond donors (Lipinski definition) is 1. The summed E-state index contributed by atoms with van der Waals surface area (Å²) in [6.07, 6.45) is 49.6. The Bertz CT molecular complexity index is 761. The molecule has 1 unspecified atom stereocenters. The molecule has 0 aliphatic rings. The molecule has 0 aromatic rings. The molecule has 1 atom stereocenters. The molecule has 294 valence electrons. The van der Waals surface area contributed by atoms with Crippen LogP contribution in [0.5, 0.6) is 0 Å². The number of hydrogen-bond acceptors (Lipinski definition) is 5. The molecule has 5 heteroatoms. The van der Waals surface area contributed by atoms with E-state index in [0.29, 0.717) is 12.8 Å². The van der Waals surface area contributed by atoms with Crippen LogP contribution in [0.15, 0.2) is 24.3 Å². The van der Waals surface area contributed by atoms with Gasteiger partial charge in [0.15, 0.2) is 6.10 Å². The predicted octanol–water partition coefficient (Wildman–Crippen LogP) is 13.8. The first-order chi connectivity index (χ1) is 24.6. The van der Waals surface area contributed by atoms with E-state index in [-0.39, 0.29) is 25.2 Å². The van der Waals surface area contributed by atoms with Crippen molar-refractivity contribution in [1.29, 1.82) is 0 Å². The van der Waals surface area contributed by atoms with Crippen molar-refractivity contribution in [3.8, 4) is 0 Å². The van der Waals surface area contributed by atoms with Crippen LogP contribution in [0.3, 0.4) is 0 Å². The van der Waals surface area contributed by atoms with E-state index in [1.165, 1.54) is 167 Å². The highest BCUT2D eigenvalue weighted by atomic mass is 16.6. The summed E-state index contributed by atoms with van der Waals surface area (Å²) in [6, 6.07) is 0. The molecular weight excluding hydrogens is 620 g/mol. The quantitative estimate of drug-likeness (QED) is 0.0390. The molecular formula is C45H84O5. The first-order valence-corrected chi connectivity index (χ1v) is 21.9. The lowest BCUT2D eigenvalue weighted by molar-refractivity contribution is -0.161. The summed E-state index contributed by atoms with van der Waals surface area (Å²) in [5, 5.41) is 9.58. The molecule has 0 heterocycles. The summed E-state index contributed by atoms with van der Waals surface area (Å²) in [7, 11) is 0. The standard InChI is InChI=1S/C45H84O5/c1-3-5-7-9-11-13-15-17-19-21-22-24-26-28-30-32-34-36-38-40-45(48)50-43(41-46)42-49-44(47)39-37-35-33-31-29-27-25-23-20-18-16-14-12-10-8-6-4-2/h17-20,43,46H,3-16,21-42H2,1-2H3. The fourth-order valence-corrected chi connectivity index (χ4v) is 6.37. The summed E-state index contributed by atoms with van der Waals surface area (Å²) in [5.74, 6) is -0.590. The van der Waals surface area contributed by atoms with Gasteiger partial charge in [0.25, 0.3) is 0 Å². The highest BCUT2D eigenvalue weighted by Crippen LogP contribution is 2.14. The monoisotopic (exact) mass is 705 g/mol. The van der Waals surface area contributed by atoms with Crippen LogP contribution in [-0.2, 0) is 19.1 Å². The van der Waals surface area contributed by atoms with Crippen molar-refractivity contribution in [3.63, 3.8) is 0 Å². The van der Waals surface area contributed by atoms with Gasteiger partial charge < -0.3 is 14.6 Å². The van der Waals surface area contributed by atoms with Crippen molar-refractivity contribution in [2.45, 2.75) is 238 Å². The van der Waals surface area contributed by atoms with Crippen molar-refractivity contribution in [3.05, 3.63) is 24.3 Å². The minimum atomic E-state index is -0.771. The van der Waals surface area contributed by atoms with Crippen LogP contribution < -0.4 is 0 Å². The molecule has 0 saturated carbocycles. The van der Waals surface area contributed by atoms with E-state index in [4.69, 9.17) is 9.47 Å². The van der Waals surface area contributed by atoms with Crippen LogP contribution in [-0.4, -0.2) is 36.4 Å². The van der Waals surface area contributed by atoms with Gasteiger partial charge in [-0.3, -0.25) is 9.59 Å². The lowest BCUT2D eigenvalue weighted by Gasteiger charge is -2.15. The Morgan fingerprint density at radius 2 is 0.740 bits per heavy atom. The maximum atomic E-state index is 12.2. The van der Waals surface area contributed by atoms with Gasteiger partial charge in [-0.2, -0.15) is 0 Å². The Kier molecular flexibility index (Phi) is 40.4. The summed E-state index contributed by atoms with van der Waals surface area (Å²) >= 11 is 0. The lowest BCUT2D eigenvalue weighted by Crippen LogP contribution is -2.28. The van der Waals surface area contributed by atoms with Crippen LogP contribution in [0.1, 0.15) is 232 Å². The molecule has 0 rings (SSSR count). The summed E-state index contributed by atoms with van der Waals surface area (Å²) in [4.78, 5) is 24.3. The highest BCUT2D eigenvalue weighted by Gasteiger charge is 2.16. The van der Waals surface area contributed by atoms with E-state index in [1.54, 1.807) is 0 Å². The van der Waals surface area contributed by atoms with Crippen molar-refractivity contribution >= 4 is 11.9 Å². The van der Waals surface area contributed by atoms with Crippen molar-refractivity contribution in [2.24, 2.45) is 0 Å². The van der Waals surface area contributed by atoms with E-state index in [1.807, 2.05) is 0 Å². The number of aliphatic hydroxyl groups is 1. The van der Waals surface area contributed by atoms with E-state index in [9.17, 15) is 14.7 Å². The van der Waals surface area contributed by atoms with Crippen LogP contribution in [0, 0.1) is 0 Å². The zero-order chi connectivity index (χ0) is 36.4. The second-order valence-corrected chi connectivity index (χ2v) is 14.8. The number of esters is 2. The summed E-state index contributed by atoms with van der Waals surface area (Å²) in [6.45, 7) is 4.14. The second-order valence-electron chi connectivity index (χ2n) is 14.8. The molecule has 0 saturated heterocycles. The lowest BCUT2D eigenvalue weighted by atomic mass is 10.1. The van der Waals surface area contributed by atoms with Crippen molar-refractivity contribution in [2.75, 3.05) is 13.2 Å². The molecule has 0 radical (unpaired) electrons. The Hall–Kier alpha value is -1.62. The maximum Gasteiger partial charge on any atom is 0.306 e. The van der Waals surface area contributed by atoms with Gasteiger partial charge >= 0.3 is 11.9 Å². The van der Waals surface area contributed by atoms with Gasteiger partial charge in [0.2, 0.25) is 0 Å². The Morgan fingerprint density at radius 3 is 1.08 bits per heavy atom. The SMILES string of the molecule is CCCCCCCCC=CCCCCCCCCCCCC(=O)OC(CO)COC(=O)CCCCCCCCCC=CCCCCCCCC. The third-order valence-corrected chi connectivity index (χ3v) is 9.72. The normalized spacial score (nSPS) is 12.3. The van der Waals surface area contributed by atoms with Gasteiger partial charge in [-0.15, -0.1) is 0 Å². The third-order valence-electron chi connectivity index (χ3n) is 9.72. The molecule has 0 fully saturated rings. The topological polar surface area (TPSA) is 72.8 Å². The second kappa shape index (κ2) is 41.8. The summed E-state index contributed by atoms with van der Waals surface area (Å²) < 4.78 is 10.6. The zero-order valence-corrected chi connectivity index (χ0v) is 33.4. The minimum absolute atomic E-state index is 0.0655. The highest BCUT2D eigenvalue weighted by molar-refractivity contribution is 5.70. The largest absolute Gasteiger partial charge is 0.462 e. The van der Waals surface area contributed by atoms with Crippen LogP contribution in [0.4, 0.5) is 0 Å². The molecule has 1 N–H and O–H groups in total. The summed E-state index contributed by atoms with van der Waals surface area (Å²) in [5.41, 5.74) is 0. The van der Waals surface area contributed by atoms with Crippen LogP contribution in [0.2, 0.25) is 0 Å². The van der Waals surface area contributed by atoms with Gasteiger partial charge in [0.05, 0.1) is 6.61 Å². The first-order valence-electron chi connectivity index (χ1n) is 21.9. The molecule has 0 aliphatic heterocycles. The fraction of sp³-hybridized carbons (Fsp3) is 0.867. The Labute approximate surface area is 311 Å². The number of carbonyl (C=O) groups excluding carboxylic acids is 2. The first kappa shape index (κ1) is 48.4. The maximum absolute atomic E-state index is 12.2. The molecule has 0 aromatic heterocycles. The molecule has 0 amide bonds. The molecule has 50 heavy (non-hydrogen) atoms. The minimum Gasteiger partial charge on any atom is -0.462 e. The van der Waals surface area contributed by atoms with Crippen molar-refractivity contribution < 1.29 is 24.2 Å². The Balaban J connectivity index is 3.52.